The Morgan fingerprint density at radius 3 is 2.35 bits per heavy atom. The lowest BCUT2D eigenvalue weighted by atomic mass is 10.1. The molecule has 0 spiro atoms. The van der Waals surface area contributed by atoms with Gasteiger partial charge in [-0.3, -0.25) is 4.90 Å². The second kappa shape index (κ2) is 6.57. The van der Waals surface area contributed by atoms with Crippen LogP contribution in [0.5, 0.6) is 0 Å². The number of nitrogens with one attached hydrogen (secondary N) is 1. The van der Waals surface area contributed by atoms with E-state index in [1.54, 1.807) is 20.8 Å². The molecule has 1 heterocycles. The summed E-state index contributed by atoms with van der Waals surface area (Å²) >= 11 is 4.54. The van der Waals surface area contributed by atoms with E-state index in [9.17, 15) is 18.0 Å². The number of hydrogen-bond acceptors (Lipinski definition) is 4. The maximum absolute atomic E-state index is 13.2. The summed E-state index contributed by atoms with van der Waals surface area (Å²) in [6.07, 6.45) is -4.41. The molecule has 0 aliphatic rings. The standard InChI is InChI=1S/C13H17F3N4O2S/c1-12(2,3)20(11(21)22-4)7-5-8(13(14,15)16)9(18-6-7)19-10(17)23/h5-6H,1-4H3,(H3,17,18,19,23). The van der Waals surface area contributed by atoms with Crippen molar-refractivity contribution in [3.63, 3.8) is 0 Å². The molecule has 6 nitrogen and oxygen atoms in total. The fourth-order valence-corrected chi connectivity index (χ4v) is 1.96. The molecule has 0 fully saturated rings. The summed E-state index contributed by atoms with van der Waals surface area (Å²) in [5.74, 6) is -0.535. The minimum Gasteiger partial charge on any atom is -0.452 e. The Balaban J connectivity index is 3.49. The Bertz CT molecular complexity index is 614. The van der Waals surface area contributed by atoms with Crippen molar-refractivity contribution in [1.82, 2.24) is 4.98 Å². The average Bonchev–Trinajstić information content (AvgIpc) is 2.36. The van der Waals surface area contributed by atoms with E-state index in [2.05, 4.69) is 27.3 Å². The van der Waals surface area contributed by atoms with Crippen molar-refractivity contribution < 1.29 is 22.7 Å². The fraction of sp³-hybridized carbons (Fsp3) is 0.462. The number of methoxy groups -OCH3 is 1. The number of amides is 1. The minimum absolute atomic E-state index is 0.0647. The first-order valence-electron chi connectivity index (χ1n) is 6.39. The van der Waals surface area contributed by atoms with Crippen LogP contribution in [0.3, 0.4) is 0 Å². The third-order valence-electron chi connectivity index (χ3n) is 2.71. The van der Waals surface area contributed by atoms with Crippen LogP contribution < -0.4 is 16.0 Å². The molecule has 0 saturated heterocycles. The second-order valence-corrected chi connectivity index (χ2v) is 5.99. The molecule has 0 aliphatic heterocycles. The Morgan fingerprint density at radius 1 is 1.39 bits per heavy atom. The Hall–Kier alpha value is -2.10. The molecule has 0 aliphatic carbocycles. The largest absolute Gasteiger partial charge is 0.452 e. The SMILES string of the molecule is COC(=O)N(c1cnc(NC(N)=S)c(C(F)(F)F)c1)C(C)(C)C. The summed E-state index contributed by atoms with van der Waals surface area (Å²) < 4.78 is 44.3. The number of pyridine rings is 1. The maximum Gasteiger partial charge on any atom is 0.420 e. The van der Waals surface area contributed by atoms with Crippen LogP contribution in [-0.4, -0.2) is 28.8 Å². The first-order valence-corrected chi connectivity index (χ1v) is 6.80. The molecule has 1 aromatic rings. The molecule has 0 atom stereocenters. The summed E-state index contributed by atoms with van der Waals surface area (Å²) in [5.41, 5.74) is 3.22. The van der Waals surface area contributed by atoms with E-state index in [-0.39, 0.29) is 10.8 Å². The van der Waals surface area contributed by atoms with Gasteiger partial charge in [0.1, 0.15) is 11.4 Å². The van der Waals surface area contributed by atoms with E-state index in [1.165, 1.54) is 0 Å². The average molecular weight is 350 g/mol. The van der Waals surface area contributed by atoms with Crippen LogP contribution in [0.25, 0.3) is 0 Å². The zero-order chi connectivity index (χ0) is 18.0. The smallest absolute Gasteiger partial charge is 0.420 e. The predicted octanol–water partition coefficient (Wildman–Crippen LogP) is 3.13. The zero-order valence-corrected chi connectivity index (χ0v) is 13.8. The number of nitrogens with two attached hydrogens (primary N) is 1. The van der Waals surface area contributed by atoms with Gasteiger partial charge in [-0.1, -0.05) is 0 Å². The monoisotopic (exact) mass is 350 g/mol. The van der Waals surface area contributed by atoms with Gasteiger partial charge in [-0.15, -0.1) is 0 Å². The van der Waals surface area contributed by atoms with Crippen LogP contribution in [0.2, 0.25) is 0 Å². The van der Waals surface area contributed by atoms with Crippen LogP contribution in [0, 0.1) is 0 Å². The van der Waals surface area contributed by atoms with Crippen molar-refractivity contribution in [3.8, 4) is 0 Å². The van der Waals surface area contributed by atoms with Crippen LogP contribution >= 0.6 is 12.2 Å². The number of carbonyl (C=O) groups excluding carboxylic acids is 1. The summed E-state index contributed by atoms with van der Waals surface area (Å²) in [7, 11) is 1.14. The number of rotatable bonds is 2. The zero-order valence-electron chi connectivity index (χ0n) is 13.0. The molecule has 1 amide bonds. The van der Waals surface area contributed by atoms with Gasteiger partial charge in [0.2, 0.25) is 0 Å². The van der Waals surface area contributed by atoms with Crippen LogP contribution in [-0.2, 0) is 10.9 Å². The highest BCUT2D eigenvalue weighted by Gasteiger charge is 2.37. The van der Waals surface area contributed by atoms with Gasteiger partial charge >= 0.3 is 12.3 Å². The number of carbonyl (C=O) groups is 1. The highest BCUT2D eigenvalue weighted by Crippen LogP contribution is 2.37. The second-order valence-electron chi connectivity index (χ2n) is 5.55. The van der Waals surface area contributed by atoms with E-state index >= 15 is 0 Å². The van der Waals surface area contributed by atoms with Crippen molar-refractivity contribution in [2.75, 3.05) is 17.3 Å². The van der Waals surface area contributed by atoms with E-state index in [0.29, 0.717) is 0 Å². The Labute approximate surface area is 136 Å². The quantitative estimate of drug-likeness (QED) is 0.798. The maximum atomic E-state index is 13.2. The topological polar surface area (TPSA) is 80.5 Å². The van der Waals surface area contributed by atoms with Crippen LogP contribution in [0.15, 0.2) is 12.3 Å². The first kappa shape index (κ1) is 18.9. The number of alkyl halides is 3. The predicted molar refractivity (Wildman–Crippen MR) is 84.3 cm³/mol. The number of hydrogen-bond donors (Lipinski definition) is 2. The van der Waals surface area contributed by atoms with Crippen LogP contribution in [0.4, 0.5) is 29.5 Å². The number of anilines is 2. The lowest BCUT2D eigenvalue weighted by Crippen LogP contribution is -2.46. The van der Waals surface area contributed by atoms with Gasteiger partial charge in [-0.05, 0) is 39.1 Å². The molecule has 0 saturated carbocycles. The number of aromatic nitrogens is 1. The molecule has 0 aromatic carbocycles. The third kappa shape index (κ3) is 4.68. The van der Waals surface area contributed by atoms with Crippen LogP contribution in [0.1, 0.15) is 26.3 Å². The molecule has 1 aromatic heterocycles. The van der Waals surface area contributed by atoms with Crippen molar-refractivity contribution in [3.05, 3.63) is 17.8 Å². The highest BCUT2D eigenvalue weighted by atomic mass is 32.1. The van der Waals surface area contributed by atoms with Crippen molar-refractivity contribution in [1.29, 1.82) is 0 Å². The van der Waals surface area contributed by atoms with E-state index < -0.39 is 29.2 Å². The van der Waals surface area contributed by atoms with E-state index in [1.807, 2.05) is 0 Å². The van der Waals surface area contributed by atoms with Gasteiger partial charge in [0.05, 0.1) is 19.0 Å². The molecule has 10 heteroatoms. The van der Waals surface area contributed by atoms with E-state index in [4.69, 9.17) is 5.73 Å². The molecule has 0 bridgehead atoms. The molecular weight excluding hydrogens is 333 g/mol. The van der Waals surface area contributed by atoms with Gasteiger partial charge in [-0.2, -0.15) is 13.2 Å². The number of nitrogens with zero attached hydrogens (tertiary/aromatic N) is 2. The minimum atomic E-state index is -4.71. The number of halogens is 3. The highest BCUT2D eigenvalue weighted by molar-refractivity contribution is 7.80. The van der Waals surface area contributed by atoms with Crippen molar-refractivity contribution >= 4 is 34.9 Å². The summed E-state index contributed by atoms with van der Waals surface area (Å²) in [4.78, 5) is 16.7. The number of ether oxygens (including phenoxy) is 1. The molecule has 1 rings (SSSR count). The first-order chi connectivity index (χ1) is 10.4. The summed E-state index contributed by atoms with van der Waals surface area (Å²) in [5, 5.41) is 1.82. The molecule has 23 heavy (non-hydrogen) atoms. The van der Waals surface area contributed by atoms with Gasteiger partial charge in [0.25, 0.3) is 0 Å². The lowest BCUT2D eigenvalue weighted by Gasteiger charge is -2.34. The molecule has 128 valence electrons. The van der Waals surface area contributed by atoms with E-state index in [0.717, 1.165) is 24.3 Å². The molecular formula is C13H17F3N4O2S. The number of thiocarbonyl (C=S) groups is 1. The van der Waals surface area contributed by atoms with Crippen molar-refractivity contribution in [2.45, 2.75) is 32.5 Å². The fourth-order valence-electron chi connectivity index (χ4n) is 1.87. The van der Waals surface area contributed by atoms with Gasteiger partial charge in [0.15, 0.2) is 5.11 Å². The molecule has 3 N–H and O–H groups in total. The Morgan fingerprint density at radius 2 is 1.96 bits per heavy atom. The molecule has 0 unspecified atom stereocenters. The summed E-state index contributed by atoms with van der Waals surface area (Å²) in [6.45, 7) is 4.95. The summed E-state index contributed by atoms with van der Waals surface area (Å²) in [6, 6.07) is 0.787. The van der Waals surface area contributed by atoms with Crippen molar-refractivity contribution in [2.24, 2.45) is 5.73 Å². The van der Waals surface area contributed by atoms with Gasteiger partial charge in [0, 0.05) is 5.54 Å². The molecule has 0 radical (unpaired) electrons. The third-order valence-corrected chi connectivity index (χ3v) is 2.81. The van der Waals surface area contributed by atoms with Gasteiger partial charge in [-0.25, -0.2) is 9.78 Å². The van der Waals surface area contributed by atoms with Gasteiger partial charge < -0.3 is 15.8 Å². The lowest BCUT2D eigenvalue weighted by molar-refractivity contribution is -0.137. The Kier molecular flexibility index (Phi) is 5.41. The normalized spacial score (nSPS) is 11.8.